The molecule has 0 bridgehead atoms. The van der Waals surface area contributed by atoms with Gasteiger partial charge in [-0.2, -0.15) is 0 Å². The third-order valence-corrected chi connectivity index (χ3v) is 8.77. The average Bonchev–Trinajstić information content (AvgIpc) is 3.32. The Hall–Kier alpha value is -3.91. The van der Waals surface area contributed by atoms with Gasteiger partial charge in [0, 0.05) is 16.0 Å². The third-order valence-electron chi connectivity index (χ3n) is 6.28. The first kappa shape index (κ1) is 24.4. The van der Waals surface area contributed by atoms with Crippen LogP contribution in [0.15, 0.2) is 52.9 Å². The summed E-state index contributed by atoms with van der Waals surface area (Å²) in [6.07, 6.45) is -0.0621. The molecule has 5 aromatic rings. The largest absolute Gasteiger partial charge is 0.481 e. The average molecular weight is 564 g/mol. The van der Waals surface area contributed by atoms with Crippen molar-refractivity contribution in [2.45, 2.75) is 31.3 Å². The van der Waals surface area contributed by atoms with Gasteiger partial charge in [0.05, 0.1) is 0 Å². The Bertz CT molecular complexity index is 1760. The van der Waals surface area contributed by atoms with Crippen LogP contribution in [-0.4, -0.2) is 27.1 Å². The van der Waals surface area contributed by atoms with E-state index in [-0.39, 0.29) is 5.76 Å². The second-order valence-corrected chi connectivity index (χ2v) is 11.1. The molecule has 6 rings (SSSR count). The summed E-state index contributed by atoms with van der Waals surface area (Å²) in [6, 6.07) is 14.4. The molecule has 1 atom stereocenters. The lowest BCUT2D eigenvalue weighted by Gasteiger charge is -2.15. The van der Waals surface area contributed by atoms with E-state index in [0.29, 0.717) is 59.8 Å². The van der Waals surface area contributed by atoms with Gasteiger partial charge in [0.25, 0.3) is 0 Å². The van der Waals surface area contributed by atoms with Crippen LogP contribution < -0.4 is 5.32 Å². The number of ether oxygens (including phenoxy) is 1. The first-order valence-electron chi connectivity index (χ1n) is 11.6. The first-order chi connectivity index (χ1) is 18.3. The number of aliphatic carboxylic acids is 1. The van der Waals surface area contributed by atoms with Gasteiger partial charge >= 0.3 is 12.1 Å². The first-order valence-corrected chi connectivity index (χ1v) is 13.6. The van der Waals surface area contributed by atoms with Crippen LogP contribution in [0.3, 0.4) is 0 Å². The van der Waals surface area contributed by atoms with E-state index in [1.54, 1.807) is 25.1 Å². The van der Waals surface area contributed by atoms with Crippen LogP contribution in [0.1, 0.15) is 47.2 Å². The highest BCUT2D eigenvalue weighted by atomic mass is 35.5. The summed E-state index contributed by atoms with van der Waals surface area (Å²) < 4.78 is 11.5. The summed E-state index contributed by atoms with van der Waals surface area (Å²) in [5, 5.41) is 14.6. The maximum atomic E-state index is 12.8. The van der Waals surface area contributed by atoms with Crippen molar-refractivity contribution in [1.82, 2.24) is 9.97 Å². The zero-order chi connectivity index (χ0) is 26.4. The van der Waals surface area contributed by atoms with E-state index in [1.165, 1.54) is 22.7 Å². The number of aromatic nitrogens is 2. The van der Waals surface area contributed by atoms with Crippen molar-refractivity contribution >= 4 is 72.7 Å². The molecule has 1 amide bonds. The molecule has 1 saturated carbocycles. The van der Waals surface area contributed by atoms with Crippen molar-refractivity contribution in [1.29, 1.82) is 0 Å². The zero-order valence-electron chi connectivity index (χ0n) is 19.8. The number of nitrogens with one attached hydrogen (secondary N) is 1. The molecule has 2 aromatic carbocycles. The molecule has 1 aliphatic rings. The number of nitrogens with zero attached hydrogens (tertiary/aromatic N) is 2. The summed E-state index contributed by atoms with van der Waals surface area (Å²) in [7, 11) is 0. The van der Waals surface area contributed by atoms with Gasteiger partial charge in [0.1, 0.15) is 27.8 Å². The number of hydrogen-bond acceptors (Lipinski definition) is 8. The van der Waals surface area contributed by atoms with Gasteiger partial charge in [-0.05, 0) is 49.8 Å². The molecule has 0 aliphatic heterocycles. The lowest BCUT2D eigenvalue weighted by atomic mass is 10.1. The summed E-state index contributed by atoms with van der Waals surface area (Å²) >= 11 is 8.81. The molecule has 190 valence electrons. The number of carbonyl (C=O) groups excluding carboxylic acids is 1. The Morgan fingerprint density at radius 3 is 2.58 bits per heavy atom. The van der Waals surface area contributed by atoms with E-state index in [1.807, 2.05) is 30.3 Å². The summed E-state index contributed by atoms with van der Waals surface area (Å²) in [4.78, 5) is 34.7. The monoisotopic (exact) mass is 563 g/mol. The van der Waals surface area contributed by atoms with Crippen molar-refractivity contribution in [2.24, 2.45) is 0 Å². The van der Waals surface area contributed by atoms with Gasteiger partial charge in [-0.15, -0.1) is 0 Å². The van der Waals surface area contributed by atoms with Crippen molar-refractivity contribution < 1.29 is 23.8 Å². The molecule has 1 fully saturated rings. The highest BCUT2D eigenvalue weighted by molar-refractivity contribution is 7.26. The minimum Gasteiger partial charge on any atom is -0.481 e. The topological polar surface area (TPSA) is 115 Å². The zero-order valence-corrected chi connectivity index (χ0v) is 22.2. The van der Waals surface area contributed by atoms with Crippen LogP contribution in [0.4, 0.5) is 10.5 Å². The van der Waals surface area contributed by atoms with Crippen molar-refractivity contribution in [3.8, 4) is 11.8 Å². The number of anilines is 1. The third kappa shape index (κ3) is 4.39. The number of fused-ring (bicyclic) bond motifs is 2. The maximum absolute atomic E-state index is 12.8. The van der Waals surface area contributed by atoms with E-state index in [4.69, 9.17) is 20.8 Å². The fraction of sp³-hybridized carbons (Fsp3) is 0.185. The number of rotatable bonds is 5. The number of carbonyl (C=O) groups is 2. The molecule has 2 N–H and O–H groups in total. The molecule has 1 aliphatic carbocycles. The number of hydrogen-bond donors (Lipinski definition) is 2. The molecule has 3 aromatic heterocycles. The quantitative estimate of drug-likeness (QED) is 0.222. The molecule has 8 nitrogen and oxygen atoms in total. The summed E-state index contributed by atoms with van der Waals surface area (Å²) in [5.41, 5.74) is 0.781. The number of amides is 1. The molecular formula is C27H18ClN3O5S2. The minimum absolute atomic E-state index is 0.253. The number of para-hydroxylation sites is 1. The predicted octanol–water partition coefficient (Wildman–Crippen LogP) is 6.98. The lowest BCUT2D eigenvalue weighted by Crippen LogP contribution is -2.18. The van der Waals surface area contributed by atoms with Crippen molar-refractivity contribution in [3.05, 3.63) is 74.9 Å². The molecule has 0 radical (unpaired) electrons. The fourth-order valence-electron chi connectivity index (χ4n) is 4.07. The van der Waals surface area contributed by atoms with Gasteiger partial charge in [-0.3, -0.25) is 10.1 Å². The molecular weight excluding hydrogens is 546 g/mol. The van der Waals surface area contributed by atoms with Crippen LogP contribution >= 0.6 is 34.3 Å². The molecule has 38 heavy (non-hydrogen) atoms. The number of furan rings is 1. The summed E-state index contributed by atoms with van der Waals surface area (Å²) in [5.74, 6) is 5.36. The van der Waals surface area contributed by atoms with Crippen LogP contribution in [0.5, 0.6) is 0 Å². The summed E-state index contributed by atoms with van der Waals surface area (Å²) in [6.45, 7) is 1.74. The number of halogens is 1. The van der Waals surface area contributed by atoms with Crippen LogP contribution in [0.25, 0.3) is 20.6 Å². The normalized spacial score (nSPS) is 14.6. The predicted molar refractivity (Wildman–Crippen MR) is 146 cm³/mol. The highest BCUT2D eigenvalue weighted by Crippen LogP contribution is 2.50. The van der Waals surface area contributed by atoms with Gasteiger partial charge in [0.15, 0.2) is 14.7 Å². The van der Waals surface area contributed by atoms with Crippen molar-refractivity contribution in [3.63, 3.8) is 0 Å². The Morgan fingerprint density at radius 2 is 1.84 bits per heavy atom. The van der Waals surface area contributed by atoms with Gasteiger partial charge < -0.3 is 14.3 Å². The van der Waals surface area contributed by atoms with E-state index in [2.05, 4.69) is 27.1 Å². The van der Waals surface area contributed by atoms with E-state index >= 15 is 0 Å². The molecule has 1 unspecified atom stereocenters. The Balaban J connectivity index is 1.26. The SMILES string of the molecule is CC(OC(=O)Nc1c(C#Cc2nc3sc(C4(C(=O)O)CC4)nc3s2)oc2ccccc12)c1ccccc1Cl. The second kappa shape index (κ2) is 9.44. The van der Waals surface area contributed by atoms with Gasteiger partial charge in [-0.25, -0.2) is 14.8 Å². The number of thiazole rings is 2. The fourth-order valence-corrected chi connectivity index (χ4v) is 6.50. The molecule has 0 spiro atoms. The van der Waals surface area contributed by atoms with E-state index < -0.39 is 23.6 Å². The van der Waals surface area contributed by atoms with Crippen molar-refractivity contribution in [2.75, 3.05) is 5.32 Å². The van der Waals surface area contributed by atoms with Crippen LogP contribution in [-0.2, 0) is 14.9 Å². The second-order valence-electron chi connectivity index (χ2n) is 8.78. The smallest absolute Gasteiger partial charge is 0.412 e. The highest BCUT2D eigenvalue weighted by Gasteiger charge is 2.54. The van der Waals surface area contributed by atoms with E-state index in [9.17, 15) is 14.7 Å². The minimum atomic E-state index is -0.857. The number of benzene rings is 2. The molecule has 3 heterocycles. The lowest BCUT2D eigenvalue weighted by molar-refractivity contribution is -0.140. The van der Waals surface area contributed by atoms with Gasteiger partial charge in [-0.1, -0.05) is 64.6 Å². The standard InChI is InChI=1S/C27H18ClN3O5S2/c1-14(15-6-2-4-8-17(15)28)35-26(34)30-21-16-7-3-5-9-18(16)36-19(21)10-11-20-29-22-23(37-20)31-24(38-22)27(12-13-27)25(32)33/h2-9,14H,12-13H2,1H3,(H,30,34)(H,32,33). The van der Waals surface area contributed by atoms with Crippen LogP contribution in [0.2, 0.25) is 5.02 Å². The van der Waals surface area contributed by atoms with Crippen LogP contribution in [0, 0.1) is 11.8 Å². The molecule has 0 saturated heterocycles. The maximum Gasteiger partial charge on any atom is 0.412 e. The Kier molecular flexibility index (Phi) is 6.07. The Morgan fingerprint density at radius 1 is 1.11 bits per heavy atom. The number of carboxylic acids is 1. The molecule has 11 heteroatoms. The van der Waals surface area contributed by atoms with E-state index in [0.717, 1.165) is 0 Å². The van der Waals surface area contributed by atoms with Gasteiger partial charge in [0.2, 0.25) is 5.76 Å². The Labute approximate surface area is 229 Å². The number of carboxylic acid groups (broad SMARTS) is 1.